The standard InChI is InChI=1S/C19H16N4O3/c1-6-24-16-5-2-12(9-17(16)25-7-1)18-11-20-19(26-18)22-14-3-4-15-13(8-14)10-21-23-15/h2-5,8-11H,1,6-7H2,(H,20,22)(H,21,23). The zero-order valence-electron chi connectivity index (χ0n) is 13.9. The number of benzene rings is 2. The fraction of sp³-hybridized carbons (Fsp3) is 0.158. The summed E-state index contributed by atoms with van der Waals surface area (Å²) in [6.07, 6.45) is 4.35. The van der Waals surface area contributed by atoms with Crippen LogP contribution in [0.2, 0.25) is 0 Å². The van der Waals surface area contributed by atoms with Crippen molar-refractivity contribution >= 4 is 22.6 Å². The molecule has 1 aliphatic heterocycles. The molecule has 26 heavy (non-hydrogen) atoms. The third-order valence-corrected chi connectivity index (χ3v) is 4.23. The summed E-state index contributed by atoms with van der Waals surface area (Å²) < 4.78 is 17.2. The highest BCUT2D eigenvalue weighted by Crippen LogP contribution is 2.35. The van der Waals surface area contributed by atoms with Crippen LogP contribution in [0.4, 0.5) is 11.7 Å². The molecule has 0 bridgehead atoms. The van der Waals surface area contributed by atoms with Crippen LogP contribution in [0.15, 0.2) is 53.2 Å². The Kier molecular flexibility index (Phi) is 3.48. The first-order valence-corrected chi connectivity index (χ1v) is 8.41. The van der Waals surface area contributed by atoms with Crippen LogP contribution in [0.5, 0.6) is 11.5 Å². The molecule has 0 aliphatic carbocycles. The van der Waals surface area contributed by atoms with Crippen molar-refractivity contribution < 1.29 is 13.9 Å². The fourth-order valence-electron chi connectivity index (χ4n) is 2.93. The zero-order chi connectivity index (χ0) is 17.3. The highest BCUT2D eigenvalue weighted by molar-refractivity contribution is 5.82. The van der Waals surface area contributed by atoms with Crippen LogP contribution < -0.4 is 14.8 Å². The number of aromatic nitrogens is 3. The summed E-state index contributed by atoms with van der Waals surface area (Å²) >= 11 is 0. The third-order valence-electron chi connectivity index (χ3n) is 4.23. The average molecular weight is 348 g/mol. The molecule has 0 spiro atoms. The zero-order valence-corrected chi connectivity index (χ0v) is 13.9. The SMILES string of the molecule is c1cc2[nH]ncc2cc1Nc1ncc(-c2ccc3c(c2)OCCCO3)o1. The lowest BCUT2D eigenvalue weighted by atomic mass is 10.1. The Morgan fingerprint density at radius 1 is 0.962 bits per heavy atom. The molecule has 7 nitrogen and oxygen atoms in total. The second-order valence-electron chi connectivity index (χ2n) is 6.04. The lowest BCUT2D eigenvalue weighted by molar-refractivity contribution is 0.297. The van der Waals surface area contributed by atoms with Crippen LogP contribution >= 0.6 is 0 Å². The minimum Gasteiger partial charge on any atom is -0.490 e. The van der Waals surface area contributed by atoms with Crippen molar-refractivity contribution in [3.63, 3.8) is 0 Å². The molecule has 0 radical (unpaired) electrons. The van der Waals surface area contributed by atoms with Gasteiger partial charge in [-0.05, 0) is 36.4 Å². The molecule has 2 N–H and O–H groups in total. The maximum Gasteiger partial charge on any atom is 0.299 e. The van der Waals surface area contributed by atoms with Crippen molar-refractivity contribution in [3.05, 3.63) is 48.8 Å². The molecular formula is C19H16N4O3. The van der Waals surface area contributed by atoms with E-state index in [1.807, 2.05) is 36.4 Å². The minimum absolute atomic E-state index is 0.426. The lowest BCUT2D eigenvalue weighted by Crippen LogP contribution is -1.97. The van der Waals surface area contributed by atoms with Crippen molar-refractivity contribution in [2.75, 3.05) is 18.5 Å². The van der Waals surface area contributed by atoms with Gasteiger partial charge in [0.1, 0.15) is 0 Å². The van der Waals surface area contributed by atoms with Gasteiger partial charge >= 0.3 is 0 Å². The third kappa shape index (κ3) is 2.73. The molecule has 0 amide bonds. The summed E-state index contributed by atoms with van der Waals surface area (Å²) in [5, 5.41) is 11.1. The number of hydrogen-bond donors (Lipinski definition) is 2. The van der Waals surface area contributed by atoms with Gasteiger partial charge in [0.15, 0.2) is 17.3 Å². The Morgan fingerprint density at radius 3 is 2.85 bits per heavy atom. The van der Waals surface area contributed by atoms with E-state index in [4.69, 9.17) is 13.9 Å². The second kappa shape index (κ2) is 6.11. The minimum atomic E-state index is 0.426. The number of H-pyrrole nitrogens is 1. The van der Waals surface area contributed by atoms with Crippen LogP contribution in [-0.2, 0) is 0 Å². The molecule has 7 heteroatoms. The summed E-state index contributed by atoms with van der Waals surface area (Å²) in [5.74, 6) is 2.15. The molecule has 1 aliphatic rings. The van der Waals surface area contributed by atoms with E-state index >= 15 is 0 Å². The van der Waals surface area contributed by atoms with Gasteiger partial charge in [0.05, 0.1) is 31.1 Å². The van der Waals surface area contributed by atoms with Gasteiger partial charge in [-0.2, -0.15) is 5.10 Å². The first-order chi connectivity index (χ1) is 12.8. The topological polar surface area (TPSA) is 85.2 Å². The fourth-order valence-corrected chi connectivity index (χ4v) is 2.93. The number of anilines is 2. The number of oxazole rings is 1. The molecular weight excluding hydrogens is 332 g/mol. The van der Waals surface area contributed by atoms with Crippen molar-refractivity contribution in [2.24, 2.45) is 0 Å². The van der Waals surface area contributed by atoms with Gasteiger partial charge in [-0.25, -0.2) is 4.98 Å². The Balaban J connectivity index is 1.40. The quantitative estimate of drug-likeness (QED) is 0.579. The van der Waals surface area contributed by atoms with Crippen LogP contribution in [0, 0.1) is 0 Å². The van der Waals surface area contributed by atoms with Gasteiger partial charge in [0, 0.05) is 23.1 Å². The van der Waals surface area contributed by atoms with Crippen LogP contribution in [0.25, 0.3) is 22.2 Å². The average Bonchev–Trinajstić information content (AvgIpc) is 3.25. The Hall–Kier alpha value is -3.48. The van der Waals surface area contributed by atoms with E-state index in [-0.39, 0.29) is 0 Å². The van der Waals surface area contributed by atoms with E-state index in [2.05, 4.69) is 20.5 Å². The largest absolute Gasteiger partial charge is 0.490 e. The molecule has 5 rings (SSSR count). The van der Waals surface area contributed by atoms with Gasteiger partial charge < -0.3 is 19.2 Å². The van der Waals surface area contributed by atoms with Gasteiger partial charge in [0.2, 0.25) is 0 Å². The highest BCUT2D eigenvalue weighted by Gasteiger charge is 2.14. The molecule has 0 fully saturated rings. The first-order valence-electron chi connectivity index (χ1n) is 8.41. The van der Waals surface area contributed by atoms with Gasteiger partial charge in [-0.15, -0.1) is 0 Å². The number of aromatic amines is 1. The number of fused-ring (bicyclic) bond motifs is 2. The van der Waals surface area contributed by atoms with E-state index in [0.717, 1.165) is 40.1 Å². The number of nitrogens with one attached hydrogen (secondary N) is 2. The molecule has 130 valence electrons. The van der Waals surface area contributed by atoms with Gasteiger partial charge in [0.25, 0.3) is 6.01 Å². The summed E-state index contributed by atoms with van der Waals surface area (Å²) in [6, 6.07) is 12.1. The van der Waals surface area contributed by atoms with Crippen molar-refractivity contribution in [3.8, 4) is 22.8 Å². The van der Waals surface area contributed by atoms with Crippen molar-refractivity contribution in [2.45, 2.75) is 6.42 Å². The lowest BCUT2D eigenvalue weighted by Gasteiger charge is -2.07. The van der Waals surface area contributed by atoms with Crippen LogP contribution in [0.3, 0.4) is 0 Å². The van der Waals surface area contributed by atoms with Crippen LogP contribution in [0.1, 0.15) is 6.42 Å². The van der Waals surface area contributed by atoms with E-state index in [0.29, 0.717) is 25.0 Å². The molecule has 2 aromatic heterocycles. The maximum atomic E-state index is 5.85. The van der Waals surface area contributed by atoms with Gasteiger partial charge in [-0.1, -0.05) is 0 Å². The van der Waals surface area contributed by atoms with E-state index in [1.54, 1.807) is 12.4 Å². The van der Waals surface area contributed by atoms with Crippen molar-refractivity contribution in [1.29, 1.82) is 0 Å². The molecule has 0 atom stereocenters. The smallest absolute Gasteiger partial charge is 0.299 e. The van der Waals surface area contributed by atoms with E-state index < -0.39 is 0 Å². The number of ether oxygens (including phenoxy) is 2. The summed E-state index contributed by atoms with van der Waals surface area (Å²) in [4.78, 5) is 4.31. The maximum absolute atomic E-state index is 5.85. The van der Waals surface area contributed by atoms with Crippen LogP contribution in [-0.4, -0.2) is 28.4 Å². The predicted octanol–water partition coefficient (Wildman–Crippen LogP) is 4.12. The molecule has 0 saturated carbocycles. The normalized spacial score (nSPS) is 13.5. The summed E-state index contributed by atoms with van der Waals surface area (Å²) in [7, 11) is 0. The number of hydrogen-bond acceptors (Lipinski definition) is 6. The highest BCUT2D eigenvalue weighted by atomic mass is 16.5. The predicted molar refractivity (Wildman–Crippen MR) is 96.9 cm³/mol. The Labute approximate surface area is 149 Å². The van der Waals surface area contributed by atoms with E-state index in [1.165, 1.54) is 0 Å². The molecule has 2 aromatic carbocycles. The first kappa shape index (κ1) is 14.8. The van der Waals surface area contributed by atoms with Gasteiger partial charge in [-0.3, -0.25) is 5.10 Å². The molecule has 3 heterocycles. The Bertz CT molecular complexity index is 1070. The number of nitrogens with zero attached hydrogens (tertiary/aromatic N) is 2. The van der Waals surface area contributed by atoms with Crippen molar-refractivity contribution in [1.82, 2.24) is 15.2 Å². The van der Waals surface area contributed by atoms with E-state index in [9.17, 15) is 0 Å². The monoisotopic (exact) mass is 348 g/mol. The second-order valence-corrected chi connectivity index (χ2v) is 6.04. The molecule has 4 aromatic rings. The summed E-state index contributed by atoms with van der Waals surface area (Å²) in [6.45, 7) is 1.32. The summed E-state index contributed by atoms with van der Waals surface area (Å²) in [5.41, 5.74) is 2.75. The molecule has 0 saturated heterocycles. The Morgan fingerprint density at radius 2 is 1.88 bits per heavy atom. The molecule has 0 unspecified atom stereocenters. The number of rotatable bonds is 3.